The summed E-state index contributed by atoms with van der Waals surface area (Å²) in [5, 5.41) is 2.02. The third-order valence-corrected chi connectivity index (χ3v) is 2.46. The van der Waals surface area contributed by atoms with E-state index in [0.717, 1.165) is 22.5 Å². The molecule has 0 aliphatic carbocycles. The maximum Gasteiger partial charge on any atom is 0.159 e. The van der Waals surface area contributed by atoms with Gasteiger partial charge in [-0.3, -0.25) is 0 Å². The highest BCUT2D eigenvalue weighted by Gasteiger charge is 1.96. The Morgan fingerprint density at radius 1 is 1.80 bits per heavy atom. The fourth-order valence-electron chi connectivity index (χ4n) is 0.597. The summed E-state index contributed by atoms with van der Waals surface area (Å²) in [5.74, 6) is 2.57. The van der Waals surface area contributed by atoms with Gasteiger partial charge in [-0.1, -0.05) is 0 Å². The van der Waals surface area contributed by atoms with Gasteiger partial charge in [0, 0.05) is 18.2 Å². The van der Waals surface area contributed by atoms with E-state index in [1.54, 1.807) is 11.3 Å². The summed E-state index contributed by atoms with van der Waals surface area (Å²) >= 11 is 4.87. The van der Waals surface area contributed by atoms with E-state index in [-0.39, 0.29) is 0 Å². The number of aromatic nitrogens is 1. The van der Waals surface area contributed by atoms with Gasteiger partial charge in [0.2, 0.25) is 0 Å². The van der Waals surface area contributed by atoms with Gasteiger partial charge in [-0.15, -0.1) is 23.7 Å². The lowest BCUT2D eigenvalue weighted by Gasteiger charge is -1.85. The van der Waals surface area contributed by atoms with E-state index >= 15 is 0 Å². The molecule has 1 nitrogen and oxygen atoms in total. The predicted molar refractivity (Wildman–Crippen MR) is 47.0 cm³/mol. The minimum atomic E-state index is 0.774. The second-order valence-corrected chi connectivity index (χ2v) is 3.93. The van der Waals surface area contributed by atoms with Crippen LogP contribution in [0.5, 0.6) is 0 Å². The molecule has 0 bridgehead atoms. The van der Waals surface area contributed by atoms with E-state index in [1.165, 1.54) is 0 Å². The SMILES string of the molecule is C#CCCc1csc(Br)n1. The standard InChI is InChI=1S/C7H6BrNS/c1-2-3-4-6-5-10-7(8)9-6/h1,5H,3-4H2. The van der Waals surface area contributed by atoms with Crippen molar-refractivity contribution < 1.29 is 0 Å². The fourth-order valence-corrected chi connectivity index (χ4v) is 1.68. The Labute approximate surface area is 72.6 Å². The number of thiazole rings is 1. The van der Waals surface area contributed by atoms with Gasteiger partial charge in [0.25, 0.3) is 0 Å². The van der Waals surface area contributed by atoms with Gasteiger partial charge in [-0.2, -0.15) is 0 Å². The van der Waals surface area contributed by atoms with E-state index in [4.69, 9.17) is 6.42 Å². The van der Waals surface area contributed by atoms with Crippen LogP contribution >= 0.6 is 27.3 Å². The lowest BCUT2D eigenvalue weighted by molar-refractivity contribution is 0.976. The van der Waals surface area contributed by atoms with Crippen LogP contribution in [0.3, 0.4) is 0 Å². The number of rotatable bonds is 2. The van der Waals surface area contributed by atoms with Crippen LogP contribution in [0, 0.1) is 12.3 Å². The van der Waals surface area contributed by atoms with E-state index in [0.29, 0.717) is 0 Å². The summed E-state index contributed by atoms with van der Waals surface area (Å²) < 4.78 is 0.930. The Bertz CT molecular complexity index is 248. The van der Waals surface area contributed by atoms with Gasteiger partial charge < -0.3 is 0 Å². The van der Waals surface area contributed by atoms with Crippen LogP contribution in [0.1, 0.15) is 12.1 Å². The first-order chi connectivity index (χ1) is 4.83. The van der Waals surface area contributed by atoms with Gasteiger partial charge in [0.15, 0.2) is 3.92 Å². The van der Waals surface area contributed by atoms with Gasteiger partial charge in [-0.05, 0) is 15.9 Å². The van der Waals surface area contributed by atoms with Crippen LogP contribution in [-0.4, -0.2) is 4.98 Å². The molecular formula is C7H6BrNS. The summed E-state index contributed by atoms with van der Waals surface area (Å²) in [4.78, 5) is 4.19. The van der Waals surface area contributed by atoms with Crippen molar-refractivity contribution in [3.63, 3.8) is 0 Å². The Hall–Kier alpha value is -0.330. The number of terminal acetylenes is 1. The molecule has 0 amide bonds. The molecule has 52 valence electrons. The zero-order chi connectivity index (χ0) is 7.40. The smallest absolute Gasteiger partial charge is 0.159 e. The second-order valence-electron chi connectivity index (χ2n) is 1.80. The van der Waals surface area contributed by atoms with Crippen LogP contribution in [0.15, 0.2) is 9.30 Å². The average molecular weight is 216 g/mol. The van der Waals surface area contributed by atoms with Crippen LogP contribution < -0.4 is 0 Å². The maximum absolute atomic E-state index is 5.10. The van der Waals surface area contributed by atoms with Crippen molar-refractivity contribution >= 4 is 27.3 Å². The first-order valence-corrected chi connectivity index (χ1v) is 4.53. The third kappa shape index (κ3) is 2.13. The molecule has 3 heteroatoms. The molecule has 0 aliphatic rings. The topological polar surface area (TPSA) is 12.9 Å². The second kappa shape index (κ2) is 3.75. The van der Waals surface area contributed by atoms with E-state index in [9.17, 15) is 0 Å². The summed E-state index contributed by atoms with van der Waals surface area (Å²) in [5.41, 5.74) is 1.08. The largest absolute Gasteiger partial charge is 0.234 e. The zero-order valence-electron chi connectivity index (χ0n) is 5.30. The lowest BCUT2D eigenvalue weighted by atomic mass is 10.3. The van der Waals surface area contributed by atoms with Crippen molar-refractivity contribution in [3.8, 4) is 12.3 Å². The van der Waals surface area contributed by atoms with Gasteiger partial charge in [0.1, 0.15) is 0 Å². The minimum absolute atomic E-state index is 0.774. The molecule has 1 rings (SSSR count). The van der Waals surface area contributed by atoms with Crippen LogP contribution in [0.4, 0.5) is 0 Å². The van der Waals surface area contributed by atoms with Crippen LogP contribution in [0.2, 0.25) is 0 Å². The molecular weight excluding hydrogens is 210 g/mol. The molecule has 0 unspecified atom stereocenters. The number of hydrogen-bond donors (Lipinski definition) is 0. The summed E-state index contributed by atoms with van der Waals surface area (Å²) in [6, 6.07) is 0. The molecule has 0 aromatic carbocycles. The van der Waals surface area contributed by atoms with Gasteiger partial charge in [-0.25, -0.2) is 4.98 Å². The quantitative estimate of drug-likeness (QED) is 0.692. The molecule has 0 N–H and O–H groups in total. The molecule has 0 atom stereocenters. The van der Waals surface area contributed by atoms with Crippen LogP contribution in [0.25, 0.3) is 0 Å². The summed E-state index contributed by atoms with van der Waals surface area (Å²) in [7, 11) is 0. The highest BCUT2D eigenvalue weighted by Crippen LogP contribution is 2.16. The Morgan fingerprint density at radius 3 is 3.10 bits per heavy atom. The highest BCUT2D eigenvalue weighted by molar-refractivity contribution is 9.11. The van der Waals surface area contributed by atoms with Gasteiger partial charge >= 0.3 is 0 Å². The molecule has 0 aliphatic heterocycles. The molecule has 1 aromatic heterocycles. The van der Waals surface area contributed by atoms with E-state index in [2.05, 4.69) is 26.8 Å². The molecule has 0 fully saturated rings. The average Bonchev–Trinajstić information content (AvgIpc) is 2.31. The number of aryl methyl sites for hydroxylation is 1. The Balaban J connectivity index is 2.52. The van der Waals surface area contributed by atoms with Crippen molar-refractivity contribution in [2.24, 2.45) is 0 Å². The first kappa shape index (κ1) is 7.77. The molecule has 0 saturated carbocycles. The van der Waals surface area contributed by atoms with E-state index in [1.807, 2.05) is 5.38 Å². The molecule has 0 saturated heterocycles. The lowest BCUT2D eigenvalue weighted by Crippen LogP contribution is -1.81. The molecule has 10 heavy (non-hydrogen) atoms. The van der Waals surface area contributed by atoms with Crippen molar-refractivity contribution in [1.29, 1.82) is 0 Å². The molecule has 1 aromatic rings. The fraction of sp³-hybridized carbons (Fsp3) is 0.286. The minimum Gasteiger partial charge on any atom is -0.234 e. The molecule has 0 radical (unpaired) electrons. The van der Waals surface area contributed by atoms with Crippen molar-refractivity contribution in [2.45, 2.75) is 12.8 Å². The third-order valence-electron chi connectivity index (χ3n) is 1.05. The normalized spacial score (nSPS) is 9.20. The Morgan fingerprint density at radius 2 is 2.60 bits per heavy atom. The Kier molecular flexibility index (Phi) is 2.91. The first-order valence-electron chi connectivity index (χ1n) is 2.86. The molecule has 0 spiro atoms. The molecule has 1 heterocycles. The van der Waals surface area contributed by atoms with E-state index < -0.39 is 0 Å². The van der Waals surface area contributed by atoms with Crippen LogP contribution in [-0.2, 0) is 6.42 Å². The summed E-state index contributed by atoms with van der Waals surface area (Å²) in [6.45, 7) is 0. The maximum atomic E-state index is 5.10. The van der Waals surface area contributed by atoms with Gasteiger partial charge in [0.05, 0.1) is 5.69 Å². The van der Waals surface area contributed by atoms with Crippen molar-refractivity contribution in [2.75, 3.05) is 0 Å². The zero-order valence-corrected chi connectivity index (χ0v) is 7.70. The van der Waals surface area contributed by atoms with Crippen molar-refractivity contribution in [1.82, 2.24) is 4.98 Å². The monoisotopic (exact) mass is 215 g/mol. The number of nitrogens with zero attached hydrogens (tertiary/aromatic N) is 1. The predicted octanol–water partition coefficient (Wildman–Crippen LogP) is 2.47. The highest BCUT2D eigenvalue weighted by atomic mass is 79.9. The van der Waals surface area contributed by atoms with Crippen molar-refractivity contribution in [3.05, 3.63) is 15.0 Å². The summed E-state index contributed by atoms with van der Waals surface area (Å²) in [6.07, 6.45) is 6.76. The number of halogens is 1. The number of hydrogen-bond acceptors (Lipinski definition) is 2.